The van der Waals surface area contributed by atoms with Gasteiger partial charge in [0.25, 0.3) is 0 Å². The monoisotopic (exact) mass is 108 g/mol. The quantitative estimate of drug-likeness (QED) is 0.521. The van der Waals surface area contributed by atoms with E-state index in [4.69, 9.17) is 0 Å². The van der Waals surface area contributed by atoms with E-state index in [0.717, 1.165) is 5.69 Å². The molecule has 8 heavy (non-hydrogen) atoms. The van der Waals surface area contributed by atoms with E-state index in [1.807, 2.05) is 18.3 Å². The molecule has 0 radical (unpaired) electrons. The van der Waals surface area contributed by atoms with Gasteiger partial charge in [-0.25, -0.2) is 0 Å². The number of hydrogen-bond donors (Lipinski definition) is 1. The molecule has 0 aromatic carbocycles. The van der Waals surface area contributed by atoms with Gasteiger partial charge in [0.05, 0.1) is 5.69 Å². The first kappa shape index (κ1) is 5.09. The fraction of sp³-hybridized carbons (Fsp3) is 0.167. The topological polar surface area (TPSA) is 28.1 Å². The van der Waals surface area contributed by atoms with E-state index in [1.54, 1.807) is 13.3 Å². The minimum Gasteiger partial charge on any atom is -0.360 e. The van der Waals surface area contributed by atoms with Gasteiger partial charge in [-0.05, 0) is 12.1 Å². The van der Waals surface area contributed by atoms with E-state index in [2.05, 4.69) is 9.98 Å². The molecule has 0 saturated carbocycles. The first-order valence-electron chi connectivity index (χ1n) is 2.49. The molecule has 1 N–H and O–H groups in total. The van der Waals surface area contributed by atoms with Gasteiger partial charge in [-0.3, -0.25) is 4.99 Å². The molecule has 0 fully saturated rings. The van der Waals surface area contributed by atoms with Crippen molar-refractivity contribution >= 4 is 6.21 Å². The lowest BCUT2D eigenvalue weighted by Gasteiger charge is -1.77. The lowest BCUT2D eigenvalue weighted by molar-refractivity contribution is 1.36. The Hall–Kier alpha value is -1.05. The molecule has 1 aromatic heterocycles. The third-order valence-electron chi connectivity index (χ3n) is 0.890. The summed E-state index contributed by atoms with van der Waals surface area (Å²) in [7, 11) is 1.75. The fourth-order valence-corrected chi connectivity index (χ4v) is 0.564. The third kappa shape index (κ3) is 0.964. The van der Waals surface area contributed by atoms with Gasteiger partial charge < -0.3 is 4.98 Å². The number of aliphatic imine (C=N–C) groups is 1. The molecule has 0 unspecified atom stereocenters. The van der Waals surface area contributed by atoms with Gasteiger partial charge in [-0.2, -0.15) is 0 Å². The minimum atomic E-state index is 1.05. The molecular formula is C6H8N2. The number of rotatable bonds is 1. The zero-order valence-corrected chi connectivity index (χ0v) is 4.76. The number of aromatic nitrogens is 1. The molecule has 0 atom stereocenters. The highest BCUT2D eigenvalue weighted by Crippen LogP contribution is 1.87. The van der Waals surface area contributed by atoms with E-state index in [0.29, 0.717) is 0 Å². The summed E-state index contributed by atoms with van der Waals surface area (Å²) in [5.41, 5.74) is 1.05. The summed E-state index contributed by atoms with van der Waals surface area (Å²) >= 11 is 0. The summed E-state index contributed by atoms with van der Waals surface area (Å²) in [6, 6.07) is 3.91. The summed E-state index contributed by atoms with van der Waals surface area (Å²) in [4.78, 5) is 6.81. The zero-order chi connectivity index (χ0) is 5.82. The van der Waals surface area contributed by atoms with Crippen LogP contribution in [0.15, 0.2) is 23.3 Å². The van der Waals surface area contributed by atoms with Crippen LogP contribution in [-0.2, 0) is 0 Å². The predicted octanol–water partition coefficient (Wildman–Crippen LogP) is 1.06. The number of aromatic amines is 1. The number of hydrogen-bond acceptors (Lipinski definition) is 1. The molecule has 2 nitrogen and oxygen atoms in total. The summed E-state index contributed by atoms with van der Waals surface area (Å²) in [5.74, 6) is 0. The van der Waals surface area contributed by atoms with E-state index in [-0.39, 0.29) is 0 Å². The van der Waals surface area contributed by atoms with Crippen LogP contribution < -0.4 is 0 Å². The Labute approximate surface area is 48.3 Å². The van der Waals surface area contributed by atoms with Crippen LogP contribution in [0.1, 0.15) is 5.69 Å². The Morgan fingerprint density at radius 2 is 2.62 bits per heavy atom. The van der Waals surface area contributed by atoms with Crippen LogP contribution in [0.4, 0.5) is 0 Å². The van der Waals surface area contributed by atoms with E-state index in [9.17, 15) is 0 Å². The number of H-pyrrole nitrogens is 1. The molecule has 0 bridgehead atoms. The second-order valence-corrected chi connectivity index (χ2v) is 1.51. The van der Waals surface area contributed by atoms with Crippen molar-refractivity contribution in [2.24, 2.45) is 4.99 Å². The van der Waals surface area contributed by atoms with Gasteiger partial charge in [0.2, 0.25) is 0 Å². The normalized spacial score (nSPS) is 10.6. The highest BCUT2D eigenvalue weighted by molar-refractivity contribution is 5.76. The van der Waals surface area contributed by atoms with Crippen LogP contribution >= 0.6 is 0 Å². The van der Waals surface area contributed by atoms with Gasteiger partial charge in [-0.1, -0.05) is 0 Å². The second kappa shape index (κ2) is 2.31. The summed E-state index contributed by atoms with van der Waals surface area (Å²) < 4.78 is 0. The molecule has 2 heteroatoms. The molecule has 0 spiro atoms. The van der Waals surface area contributed by atoms with E-state index < -0.39 is 0 Å². The summed E-state index contributed by atoms with van der Waals surface area (Å²) in [5, 5.41) is 0. The third-order valence-corrected chi connectivity index (χ3v) is 0.890. The Morgan fingerprint density at radius 3 is 3.12 bits per heavy atom. The fourth-order valence-electron chi connectivity index (χ4n) is 0.564. The van der Waals surface area contributed by atoms with Crippen molar-refractivity contribution in [1.82, 2.24) is 4.98 Å². The highest BCUT2D eigenvalue weighted by atomic mass is 14.7. The maximum absolute atomic E-state index is 3.82. The first-order valence-corrected chi connectivity index (χ1v) is 2.49. The Kier molecular flexibility index (Phi) is 1.47. The lowest BCUT2D eigenvalue weighted by atomic mass is 10.5. The van der Waals surface area contributed by atoms with Crippen molar-refractivity contribution < 1.29 is 0 Å². The molecule has 0 aliphatic rings. The van der Waals surface area contributed by atoms with Gasteiger partial charge in [0, 0.05) is 19.5 Å². The molecule has 1 rings (SSSR count). The number of nitrogens with one attached hydrogen (secondary N) is 1. The van der Waals surface area contributed by atoms with Gasteiger partial charge in [0.1, 0.15) is 0 Å². The predicted molar refractivity (Wildman–Crippen MR) is 34.3 cm³/mol. The first-order chi connectivity index (χ1) is 3.93. The van der Waals surface area contributed by atoms with Crippen LogP contribution in [0.3, 0.4) is 0 Å². The van der Waals surface area contributed by atoms with Gasteiger partial charge in [0.15, 0.2) is 0 Å². The molecule has 1 heterocycles. The van der Waals surface area contributed by atoms with Crippen molar-refractivity contribution in [2.75, 3.05) is 7.05 Å². The summed E-state index contributed by atoms with van der Waals surface area (Å²) in [6.45, 7) is 0. The van der Waals surface area contributed by atoms with Crippen molar-refractivity contribution in [3.05, 3.63) is 24.0 Å². The van der Waals surface area contributed by atoms with Crippen molar-refractivity contribution in [3.8, 4) is 0 Å². The van der Waals surface area contributed by atoms with E-state index in [1.165, 1.54) is 0 Å². The van der Waals surface area contributed by atoms with Gasteiger partial charge in [-0.15, -0.1) is 0 Å². The Morgan fingerprint density at radius 1 is 1.75 bits per heavy atom. The average molecular weight is 108 g/mol. The van der Waals surface area contributed by atoms with Crippen molar-refractivity contribution in [1.29, 1.82) is 0 Å². The smallest absolute Gasteiger partial charge is 0.0561 e. The van der Waals surface area contributed by atoms with E-state index >= 15 is 0 Å². The van der Waals surface area contributed by atoms with Crippen molar-refractivity contribution in [3.63, 3.8) is 0 Å². The molecule has 0 aliphatic heterocycles. The molecule has 0 saturated heterocycles. The van der Waals surface area contributed by atoms with Crippen molar-refractivity contribution in [2.45, 2.75) is 0 Å². The Bertz CT molecular complexity index is 163. The van der Waals surface area contributed by atoms with Crippen LogP contribution in [0, 0.1) is 0 Å². The standard InChI is InChI=1S/C6H8N2/c1-7-5-6-3-2-4-8-6/h2-5,8H,1H3/b7-5+. The Balaban J connectivity index is 2.77. The lowest BCUT2D eigenvalue weighted by Crippen LogP contribution is -1.75. The minimum absolute atomic E-state index is 1.05. The largest absolute Gasteiger partial charge is 0.360 e. The summed E-state index contributed by atoms with van der Waals surface area (Å²) in [6.07, 6.45) is 3.65. The SMILES string of the molecule is C/N=C/c1ccc[nH]1. The maximum Gasteiger partial charge on any atom is 0.0561 e. The van der Waals surface area contributed by atoms with Crippen LogP contribution in [0.25, 0.3) is 0 Å². The molecule has 1 aromatic rings. The van der Waals surface area contributed by atoms with Crippen LogP contribution in [0.5, 0.6) is 0 Å². The highest BCUT2D eigenvalue weighted by Gasteiger charge is 1.79. The maximum atomic E-state index is 3.82. The zero-order valence-electron chi connectivity index (χ0n) is 4.76. The molecule has 0 aliphatic carbocycles. The molecular weight excluding hydrogens is 100 g/mol. The van der Waals surface area contributed by atoms with Gasteiger partial charge >= 0.3 is 0 Å². The number of nitrogens with zero attached hydrogens (tertiary/aromatic N) is 1. The van der Waals surface area contributed by atoms with Crippen LogP contribution in [0.2, 0.25) is 0 Å². The molecule has 0 amide bonds. The average Bonchev–Trinajstić information content (AvgIpc) is 2.19. The van der Waals surface area contributed by atoms with Crippen LogP contribution in [-0.4, -0.2) is 18.2 Å². The molecule has 42 valence electrons. The second-order valence-electron chi connectivity index (χ2n) is 1.51.